The van der Waals surface area contributed by atoms with E-state index in [2.05, 4.69) is 19.5 Å². The van der Waals surface area contributed by atoms with Gasteiger partial charge in [0.15, 0.2) is 12.5 Å². The van der Waals surface area contributed by atoms with Crippen molar-refractivity contribution < 1.29 is 13.7 Å². The third kappa shape index (κ3) is 5.48. The highest BCUT2D eigenvalue weighted by Crippen LogP contribution is 2.23. The molecule has 19 heavy (non-hydrogen) atoms. The van der Waals surface area contributed by atoms with Gasteiger partial charge in [-0.05, 0) is 43.3 Å². The van der Waals surface area contributed by atoms with Crippen LogP contribution in [0, 0.1) is 6.92 Å². The fourth-order valence-corrected chi connectivity index (χ4v) is 1.39. The number of rotatable bonds is 3. The van der Waals surface area contributed by atoms with Crippen LogP contribution in [-0.4, -0.2) is 11.3 Å². The molecule has 0 bridgehead atoms. The van der Waals surface area contributed by atoms with Gasteiger partial charge in [0.1, 0.15) is 17.2 Å². The molecule has 3 nitrogen and oxygen atoms in total. The third-order valence-corrected chi connectivity index (χ3v) is 2.32. The molecule has 0 fully saturated rings. The molecule has 0 unspecified atom stereocenters. The Hall–Kier alpha value is -1.94. The molecule has 0 atom stereocenters. The Bertz CT molecular complexity index is 466. The van der Waals surface area contributed by atoms with E-state index in [4.69, 9.17) is 13.7 Å². The lowest BCUT2D eigenvalue weighted by molar-refractivity contribution is 0.413. The molecule has 0 aliphatic rings. The number of ether oxygens (including phenoxy) is 2. The molecule has 0 saturated heterocycles. The van der Waals surface area contributed by atoms with Crippen molar-refractivity contribution in [1.29, 1.82) is 0 Å². The lowest BCUT2D eigenvalue weighted by atomic mass is 10.2. The van der Waals surface area contributed by atoms with E-state index in [0.29, 0.717) is 0 Å². The zero-order valence-corrected chi connectivity index (χ0v) is 11.1. The molecule has 0 N–H and O–H groups in total. The highest BCUT2D eigenvalue weighted by Gasteiger charge is 1.97. The Morgan fingerprint density at radius 3 is 1.58 bits per heavy atom. The quantitative estimate of drug-likeness (QED) is 0.847. The summed E-state index contributed by atoms with van der Waals surface area (Å²) in [5, 5.41) is 0. The van der Waals surface area contributed by atoms with Crippen LogP contribution < -0.4 is 9.47 Å². The van der Waals surface area contributed by atoms with Crippen LogP contribution in [0.2, 0.25) is 0 Å². The third-order valence-electron chi connectivity index (χ3n) is 2.32. The van der Waals surface area contributed by atoms with E-state index < -0.39 is 0 Å². The van der Waals surface area contributed by atoms with E-state index in [1.54, 1.807) is 7.11 Å². The average Bonchev–Trinajstić information content (AvgIpc) is 2.44. The summed E-state index contributed by atoms with van der Waals surface area (Å²) in [5.74, 6) is 2.48. The van der Waals surface area contributed by atoms with Gasteiger partial charge in [0, 0.05) is 0 Å². The molecule has 102 valence electrons. The number of aryl methyl sites for hydroxylation is 1. The molecule has 0 heterocycles. The summed E-state index contributed by atoms with van der Waals surface area (Å²) in [6, 6.07) is 15.5. The van der Waals surface area contributed by atoms with Gasteiger partial charge < -0.3 is 9.47 Å². The zero-order chi connectivity index (χ0) is 13.4. The minimum Gasteiger partial charge on any atom is -0.497 e. The summed E-state index contributed by atoms with van der Waals surface area (Å²) >= 11 is 2.83. The smallest absolute Gasteiger partial charge is 0.197 e. The maximum Gasteiger partial charge on any atom is 0.197 e. The minimum absolute atomic E-state index is 0. The summed E-state index contributed by atoms with van der Waals surface area (Å²) in [6.45, 7) is 2.05. The van der Waals surface area contributed by atoms with Crippen LogP contribution >= 0.6 is 0 Å². The fraction of sp³-hybridized carbons (Fsp3) is 0.200. The lowest BCUT2D eigenvalue weighted by Crippen LogP contribution is -1.85. The first kappa shape index (κ1) is 17.1. The van der Waals surface area contributed by atoms with Crippen molar-refractivity contribution in [2.45, 2.75) is 14.4 Å². The van der Waals surface area contributed by atoms with Crippen molar-refractivity contribution in [1.82, 2.24) is 0 Å². The topological polar surface area (TPSA) is 35.5 Å². The maximum absolute atomic E-state index is 7.83. The van der Waals surface area contributed by atoms with Crippen LogP contribution in [-0.2, 0) is 12.5 Å². The molecule has 0 aliphatic heterocycles. The first-order valence-corrected chi connectivity index (χ1v) is 5.66. The van der Waals surface area contributed by atoms with E-state index in [1.807, 2.05) is 48.5 Å². The molecule has 0 radical (unpaired) electrons. The summed E-state index contributed by atoms with van der Waals surface area (Å²) < 4.78 is 18.6. The average molecular weight is 278 g/mol. The molecule has 0 saturated carbocycles. The van der Waals surface area contributed by atoms with Crippen molar-refractivity contribution >= 4 is 12.5 Å². The molecule has 2 aromatic rings. The first-order chi connectivity index (χ1) is 8.78. The van der Waals surface area contributed by atoms with Crippen LogP contribution in [0.3, 0.4) is 0 Å². The van der Waals surface area contributed by atoms with Gasteiger partial charge in [-0.1, -0.05) is 25.1 Å². The normalized spacial score (nSPS) is 8.53. The second kappa shape index (κ2) is 9.05. The standard InChI is InChI=1S/C14H14O2.CH4.OS/c1-11-3-5-13(6-4-11)16-14-9-7-12(15-2)8-10-14;;1-2/h3-10H,1-2H3;1H4;. The van der Waals surface area contributed by atoms with E-state index in [9.17, 15) is 0 Å². The maximum atomic E-state index is 7.83. The Morgan fingerprint density at radius 2 is 1.16 bits per heavy atom. The molecule has 0 aromatic heterocycles. The summed E-state index contributed by atoms with van der Waals surface area (Å²) in [7, 11) is 1.65. The minimum atomic E-state index is 0. The highest BCUT2D eigenvalue weighted by molar-refractivity contribution is 7.44. The Balaban J connectivity index is 0.00000103. The van der Waals surface area contributed by atoms with Gasteiger partial charge in [-0.15, -0.1) is 0 Å². The molecule has 0 amide bonds. The first-order valence-electron chi connectivity index (χ1n) is 5.33. The van der Waals surface area contributed by atoms with Crippen molar-refractivity contribution in [2.75, 3.05) is 7.11 Å². The Morgan fingerprint density at radius 1 is 0.789 bits per heavy atom. The van der Waals surface area contributed by atoms with E-state index in [-0.39, 0.29) is 7.43 Å². The number of hydrogen-bond donors (Lipinski definition) is 0. The molecular weight excluding hydrogens is 260 g/mol. The Labute approximate surface area is 119 Å². The summed E-state index contributed by atoms with van der Waals surface area (Å²) in [4.78, 5) is 0. The van der Waals surface area contributed by atoms with E-state index >= 15 is 0 Å². The SMILES string of the molecule is C.COc1ccc(Oc2ccc(C)cc2)cc1.O=S. The lowest BCUT2D eigenvalue weighted by Gasteiger charge is -2.06. The summed E-state index contributed by atoms with van der Waals surface area (Å²) in [6.07, 6.45) is 0. The van der Waals surface area contributed by atoms with Gasteiger partial charge in [0.25, 0.3) is 0 Å². The van der Waals surface area contributed by atoms with Crippen molar-refractivity contribution in [3.05, 3.63) is 54.1 Å². The van der Waals surface area contributed by atoms with Crippen LogP contribution in [0.1, 0.15) is 13.0 Å². The second-order valence-electron chi connectivity index (χ2n) is 3.59. The zero-order valence-electron chi connectivity index (χ0n) is 10.3. The predicted octanol–water partition coefficient (Wildman–Crippen LogP) is 4.10. The van der Waals surface area contributed by atoms with E-state index in [0.717, 1.165) is 17.2 Å². The van der Waals surface area contributed by atoms with Gasteiger partial charge in [-0.25, -0.2) is 0 Å². The highest BCUT2D eigenvalue weighted by atomic mass is 32.1. The van der Waals surface area contributed by atoms with E-state index in [1.165, 1.54) is 5.56 Å². The number of hydrogen-bond acceptors (Lipinski definition) is 4. The largest absolute Gasteiger partial charge is 0.497 e. The predicted molar refractivity (Wildman–Crippen MR) is 79.1 cm³/mol. The molecule has 2 rings (SSSR count). The van der Waals surface area contributed by atoms with Gasteiger partial charge in [0.05, 0.1) is 7.11 Å². The number of methoxy groups -OCH3 is 1. The second-order valence-corrected chi connectivity index (χ2v) is 3.59. The van der Waals surface area contributed by atoms with Crippen LogP contribution in [0.15, 0.2) is 48.5 Å². The van der Waals surface area contributed by atoms with Crippen molar-refractivity contribution in [2.24, 2.45) is 0 Å². The molecule has 2 aromatic carbocycles. The molecule has 0 spiro atoms. The monoisotopic (exact) mass is 278 g/mol. The van der Waals surface area contributed by atoms with Crippen molar-refractivity contribution in [3.8, 4) is 17.2 Å². The van der Waals surface area contributed by atoms with Gasteiger partial charge >= 0.3 is 0 Å². The van der Waals surface area contributed by atoms with Crippen LogP contribution in [0.5, 0.6) is 17.2 Å². The Kier molecular flexibility index (Phi) is 8.13. The molecule has 0 aliphatic carbocycles. The molecule has 4 heteroatoms. The summed E-state index contributed by atoms with van der Waals surface area (Å²) in [5.41, 5.74) is 1.22. The van der Waals surface area contributed by atoms with Crippen LogP contribution in [0.4, 0.5) is 0 Å². The van der Waals surface area contributed by atoms with Gasteiger partial charge in [-0.3, -0.25) is 0 Å². The van der Waals surface area contributed by atoms with Gasteiger partial charge in [-0.2, -0.15) is 4.21 Å². The fourth-order valence-electron chi connectivity index (χ4n) is 1.39. The van der Waals surface area contributed by atoms with Crippen molar-refractivity contribution in [3.63, 3.8) is 0 Å². The van der Waals surface area contributed by atoms with Gasteiger partial charge in [0.2, 0.25) is 0 Å². The number of benzene rings is 2. The molecular formula is C15H18O3S. The van der Waals surface area contributed by atoms with Crippen LogP contribution in [0.25, 0.3) is 0 Å².